The molecule has 0 aromatic heterocycles. The Hall–Kier alpha value is -4.18. The summed E-state index contributed by atoms with van der Waals surface area (Å²) in [6.07, 6.45) is 0. The van der Waals surface area contributed by atoms with E-state index in [1.165, 1.54) is 6.92 Å². The van der Waals surface area contributed by atoms with Gasteiger partial charge in [-0.3, -0.25) is 4.79 Å². The molecule has 4 heteroatoms. The van der Waals surface area contributed by atoms with Crippen molar-refractivity contribution in [2.24, 2.45) is 0 Å². The third-order valence-corrected chi connectivity index (χ3v) is 6.81. The fraction of sp³-hybridized carbons (Fsp3) is 0.188. The Kier molecular flexibility index (Phi) is 7.07. The van der Waals surface area contributed by atoms with E-state index in [4.69, 9.17) is 9.47 Å². The minimum absolute atomic E-state index is 0.0464. The van der Waals surface area contributed by atoms with Gasteiger partial charge >= 0.3 is 5.97 Å². The number of hydrogen-bond acceptors (Lipinski definition) is 4. The van der Waals surface area contributed by atoms with Crippen LogP contribution in [0, 0.1) is 13.8 Å². The number of methoxy groups -OCH3 is 1. The molecule has 0 saturated heterocycles. The first-order chi connectivity index (χ1) is 17.2. The maximum Gasteiger partial charge on any atom is 0.343 e. The SMILES string of the molecule is COc1ccc(C(C)(c2ccccc2)c2ccc(OC(=O)c3ccc(C(C)=O)cc3)c(C)c2)cc1C. The summed E-state index contributed by atoms with van der Waals surface area (Å²) in [4.78, 5) is 24.3. The summed E-state index contributed by atoms with van der Waals surface area (Å²) in [6.45, 7) is 7.69. The van der Waals surface area contributed by atoms with E-state index in [1.807, 2.05) is 50.2 Å². The van der Waals surface area contributed by atoms with Crippen molar-refractivity contribution in [3.8, 4) is 11.5 Å². The lowest BCUT2D eigenvalue weighted by atomic mass is 9.70. The quantitative estimate of drug-likeness (QED) is 0.123. The maximum atomic E-state index is 12.8. The lowest BCUT2D eigenvalue weighted by Crippen LogP contribution is -2.25. The summed E-state index contributed by atoms with van der Waals surface area (Å²) in [6, 6.07) is 29.1. The number of ketones is 1. The van der Waals surface area contributed by atoms with Gasteiger partial charge in [0, 0.05) is 11.0 Å². The Balaban J connectivity index is 1.70. The van der Waals surface area contributed by atoms with Crippen molar-refractivity contribution in [3.63, 3.8) is 0 Å². The molecular formula is C32H30O4. The van der Waals surface area contributed by atoms with Crippen LogP contribution in [-0.4, -0.2) is 18.9 Å². The third kappa shape index (κ3) is 4.80. The molecule has 0 heterocycles. The first kappa shape index (κ1) is 24.9. The van der Waals surface area contributed by atoms with E-state index in [2.05, 4.69) is 37.3 Å². The largest absolute Gasteiger partial charge is 0.496 e. The molecule has 182 valence electrons. The van der Waals surface area contributed by atoms with Gasteiger partial charge in [-0.25, -0.2) is 4.79 Å². The van der Waals surface area contributed by atoms with E-state index in [0.29, 0.717) is 16.9 Å². The highest BCUT2D eigenvalue weighted by atomic mass is 16.5. The summed E-state index contributed by atoms with van der Waals surface area (Å²) in [7, 11) is 1.68. The fourth-order valence-electron chi connectivity index (χ4n) is 4.54. The summed E-state index contributed by atoms with van der Waals surface area (Å²) in [5.41, 5.74) is 5.82. The van der Waals surface area contributed by atoms with Gasteiger partial charge in [-0.05, 0) is 79.8 Å². The van der Waals surface area contributed by atoms with Gasteiger partial charge in [0.25, 0.3) is 0 Å². The van der Waals surface area contributed by atoms with E-state index in [0.717, 1.165) is 33.6 Å². The number of carbonyl (C=O) groups excluding carboxylic acids is 2. The number of aryl methyl sites for hydroxylation is 2. The lowest BCUT2D eigenvalue weighted by molar-refractivity contribution is 0.0733. The van der Waals surface area contributed by atoms with Crippen LogP contribution in [0.15, 0.2) is 91.0 Å². The lowest BCUT2D eigenvalue weighted by Gasteiger charge is -2.33. The monoisotopic (exact) mass is 478 g/mol. The van der Waals surface area contributed by atoms with Gasteiger partial charge in [0.15, 0.2) is 5.78 Å². The predicted octanol–water partition coefficient (Wildman–Crippen LogP) is 7.09. The van der Waals surface area contributed by atoms with Gasteiger partial charge < -0.3 is 9.47 Å². The molecule has 0 bridgehead atoms. The summed E-state index contributed by atoms with van der Waals surface area (Å²) < 4.78 is 11.2. The van der Waals surface area contributed by atoms with E-state index < -0.39 is 11.4 Å². The van der Waals surface area contributed by atoms with Crippen molar-refractivity contribution < 1.29 is 19.1 Å². The van der Waals surface area contributed by atoms with Crippen LogP contribution in [0.4, 0.5) is 0 Å². The molecule has 1 unspecified atom stereocenters. The molecule has 0 aliphatic rings. The second-order valence-electron chi connectivity index (χ2n) is 9.18. The number of rotatable bonds is 7. The molecule has 4 aromatic carbocycles. The number of carbonyl (C=O) groups is 2. The van der Waals surface area contributed by atoms with E-state index in [1.54, 1.807) is 31.4 Å². The van der Waals surface area contributed by atoms with Gasteiger partial charge in [-0.1, -0.05) is 66.7 Å². The van der Waals surface area contributed by atoms with Gasteiger partial charge in [0.05, 0.1) is 12.7 Å². The smallest absolute Gasteiger partial charge is 0.343 e. The van der Waals surface area contributed by atoms with Crippen molar-refractivity contribution in [3.05, 3.63) is 130 Å². The number of Topliss-reactive ketones (excluding diaryl/α,β-unsaturated/α-hetero) is 1. The molecule has 0 aliphatic carbocycles. The van der Waals surface area contributed by atoms with Crippen LogP contribution in [0.25, 0.3) is 0 Å². The highest BCUT2D eigenvalue weighted by Crippen LogP contribution is 2.41. The molecule has 4 rings (SSSR count). The number of ether oxygens (including phenoxy) is 2. The molecule has 0 radical (unpaired) electrons. The van der Waals surface area contributed by atoms with Crippen molar-refractivity contribution in [2.75, 3.05) is 7.11 Å². The molecule has 0 fully saturated rings. The van der Waals surface area contributed by atoms with Gasteiger partial charge in [-0.15, -0.1) is 0 Å². The third-order valence-electron chi connectivity index (χ3n) is 6.81. The molecule has 4 nitrogen and oxygen atoms in total. The van der Waals surface area contributed by atoms with Crippen LogP contribution in [-0.2, 0) is 5.41 Å². The summed E-state index contributed by atoms with van der Waals surface area (Å²) in [5, 5.41) is 0. The van der Waals surface area contributed by atoms with E-state index in [9.17, 15) is 9.59 Å². The topological polar surface area (TPSA) is 52.6 Å². The average molecular weight is 479 g/mol. The fourth-order valence-corrected chi connectivity index (χ4v) is 4.54. The molecule has 1 atom stereocenters. The molecular weight excluding hydrogens is 448 g/mol. The molecule has 36 heavy (non-hydrogen) atoms. The predicted molar refractivity (Wildman–Crippen MR) is 142 cm³/mol. The Morgan fingerprint density at radius 1 is 0.667 bits per heavy atom. The Labute approximate surface area is 212 Å². The minimum Gasteiger partial charge on any atom is -0.496 e. The standard InChI is InChI=1S/C32H30O4/c1-21-19-27(15-17-29(21)35-5)32(4,26-9-7-6-8-10-26)28-16-18-30(22(2)20-28)36-31(34)25-13-11-24(12-14-25)23(3)33/h6-20H,1-5H3. The van der Waals surface area contributed by atoms with Crippen molar-refractivity contribution in [1.29, 1.82) is 0 Å². The number of benzene rings is 4. The Morgan fingerprint density at radius 3 is 1.69 bits per heavy atom. The summed E-state index contributed by atoms with van der Waals surface area (Å²) >= 11 is 0. The highest BCUT2D eigenvalue weighted by Gasteiger charge is 2.32. The van der Waals surface area contributed by atoms with Crippen LogP contribution in [0.1, 0.15) is 62.4 Å². The molecule has 0 saturated carbocycles. The second-order valence-corrected chi connectivity index (χ2v) is 9.18. The van der Waals surface area contributed by atoms with Gasteiger partial charge in [-0.2, -0.15) is 0 Å². The van der Waals surface area contributed by atoms with Gasteiger partial charge in [0.2, 0.25) is 0 Å². The molecule has 0 N–H and O–H groups in total. The first-order valence-electron chi connectivity index (χ1n) is 11.9. The Bertz CT molecular complexity index is 1400. The second kappa shape index (κ2) is 10.2. The normalized spacial score (nSPS) is 12.5. The highest BCUT2D eigenvalue weighted by molar-refractivity contribution is 5.96. The zero-order valence-corrected chi connectivity index (χ0v) is 21.3. The Morgan fingerprint density at radius 2 is 1.19 bits per heavy atom. The van der Waals surface area contributed by atoms with Crippen molar-refractivity contribution >= 4 is 11.8 Å². The maximum absolute atomic E-state index is 12.8. The molecule has 0 aliphatic heterocycles. The van der Waals surface area contributed by atoms with Crippen LogP contribution in [0.3, 0.4) is 0 Å². The zero-order chi connectivity index (χ0) is 25.9. The van der Waals surface area contributed by atoms with Crippen LogP contribution in [0.5, 0.6) is 11.5 Å². The number of hydrogen-bond donors (Lipinski definition) is 0. The van der Waals surface area contributed by atoms with Crippen molar-refractivity contribution in [1.82, 2.24) is 0 Å². The zero-order valence-electron chi connectivity index (χ0n) is 21.3. The molecule has 4 aromatic rings. The van der Waals surface area contributed by atoms with Crippen molar-refractivity contribution in [2.45, 2.75) is 33.1 Å². The van der Waals surface area contributed by atoms with Crippen LogP contribution >= 0.6 is 0 Å². The van der Waals surface area contributed by atoms with Crippen LogP contribution < -0.4 is 9.47 Å². The first-order valence-corrected chi connectivity index (χ1v) is 11.9. The number of esters is 1. The van der Waals surface area contributed by atoms with Gasteiger partial charge in [0.1, 0.15) is 11.5 Å². The average Bonchev–Trinajstić information content (AvgIpc) is 2.89. The van der Waals surface area contributed by atoms with E-state index in [-0.39, 0.29) is 5.78 Å². The van der Waals surface area contributed by atoms with E-state index >= 15 is 0 Å². The molecule has 0 spiro atoms. The molecule has 0 amide bonds. The summed E-state index contributed by atoms with van der Waals surface area (Å²) in [5.74, 6) is 0.845. The van der Waals surface area contributed by atoms with Crippen LogP contribution in [0.2, 0.25) is 0 Å². The minimum atomic E-state index is -0.461.